The van der Waals surface area contributed by atoms with Gasteiger partial charge >= 0.3 is 30.1 Å². The molecule has 0 aromatic rings. The average Bonchev–Trinajstić information content (AvgIpc) is 2.40. The third-order valence-electron chi connectivity index (χ3n) is 3.05. The highest BCUT2D eigenvalue weighted by Gasteiger charge is 2.73. The monoisotopic (exact) mass is 394 g/mol. The van der Waals surface area contributed by atoms with Crippen molar-refractivity contribution in [1.29, 1.82) is 10.5 Å². The van der Waals surface area contributed by atoms with E-state index in [0.717, 1.165) is 0 Å². The van der Waals surface area contributed by atoms with Crippen molar-refractivity contribution in [3.05, 3.63) is 0 Å². The molecule has 144 valence electrons. The number of hydrogen-bond donors (Lipinski definition) is 0. The maximum atomic E-state index is 13.1. The van der Waals surface area contributed by atoms with Gasteiger partial charge in [0.15, 0.2) is 0 Å². The molecule has 0 aromatic carbocycles. The van der Waals surface area contributed by atoms with Gasteiger partial charge in [-0.2, -0.15) is 63.2 Å². The molecule has 0 aliphatic rings. The van der Waals surface area contributed by atoms with Gasteiger partial charge in [-0.3, -0.25) is 0 Å². The van der Waals surface area contributed by atoms with Gasteiger partial charge in [-0.15, -0.1) is 0 Å². The van der Waals surface area contributed by atoms with Gasteiger partial charge in [-0.05, 0) is 6.42 Å². The lowest BCUT2D eigenvalue weighted by molar-refractivity contribution is -0.356. The molecule has 0 saturated heterocycles. The van der Waals surface area contributed by atoms with Gasteiger partial charge in [0.2, 0.25) is 0 Å². The van der Waals surface area contributed by atoms with Crippen LogP contribution in [0.5, 0.6) is 0 Å². The topological polar surface area (TPSA) is 47.6 Å². The van der Waals surface area contributed by atoms with Gasteiger partial charge in [-0.1, -0.05) is 0 Å². The Morgan fingerprint density at radius 3 is 1.24 bits per heavy atom. The SMILES string of the molecule is N#CC(C#N)(CCC(F)(F)C(F)(F)C(F)(F)F)CC(F)(F)C(F)(F)F. The van der Waals surface area contributed by atoms with Crippen LogP contribution in [0.3, 0.4) is 0 Å². The number of rotatable bonds is 6. The number of nitriles is 2. The van der Waals surface area contributed by atoms with E-state index in [0.29, 0.717) is 12.1 Å². The third kappa shape index (κ3) is 4.61. The number of halogens is 12. The maximum Gasteiger partial charge on any atom is 0.459 e. The molecule has 0 aromatic heterocycles. The van der Waals surface area contributed by atoms with Crippen LogP contribution in [-0.4, -0.2) is 30.1 Å². The van der Waals surface area contributed by atoms with E-state index < -0.39 is 54.8 Å². The maximum absolute atomic E-state index is 13.1. The van der Waals surface area contributed by atoms with Crippen LogP contribution in [0.25, 0.3) is 0 Å². The first kappa shape index (κ1) is 23.1. The lowest BCUT2D eigenvalue weighted by atomic mass is 9.79. The van der Waals surface area contributed by atoms with E-state index in [2.05, 4.69) is 0 Å². The van der Waals surface area contributed by atoms with Gasteiger partial charge in [0.1, 0.15) is 5.41 Å². The molecule has 0 bridgehead atoms. The smallest absolute Gasteiger partial charge is 0.200 e. The van der Waals surface area contributed by atoms with Crippen LogP contribution >= 0.6 is 0 Å². The van der Waals surface area contributed by atoms with E-state index in [1.54, 1.807) is 0 Å². The third-order valence-corrected chi connectivity index (χ3v) is 3.05. The van der Waals surface area contributed by atoms with E-state index in [1.807, 2.05) is 0 Å². The lowest BCUT2D eigenvalue weighted by Gasteiger charge is -2.31. The summed E-state index contributed by atoms with van der Waals surface area (Å²) >= 11 is 0. The molecule has 0 amide bonds. The predicted octanol–water partition coefficient (Wildman–Crippen LogP) is 5.22. The van der Waals surface area contributed by atoms with Crippen LogP contribution in [0.2, 0.25) is 0 Å². The molecule has 0 heterocycles. The van der Waals surface area contributed by atoms with Crippen molar-refractivity contribution in [3.63, 3.8) is 0 Å². The number of hydrogen-bond acceptors (Lipinski definition) is 2. The fraction of sp³-hybridized carbons (Fsp3) is 0.818. The van der Waals surface area contributed by atoms with Crippen LogP contribution < -0.4 is 0 Å². The summed E-state index contributed by atoms with van der Waals surface area (Å²) in [5.41, 5.74) is -3.57. The quantitative estimate of drug-likeness (QED) is 0.580. The first-order valence-corrected chi connectivity index (χ1v) is 5.88. The van der Waals surface area contributed by atoms with Crippen molar-refractivity contribution < 1.29 is 52.7 Å². The molecule has 0 fully saturated rings. The summed E-state index contributed by atoms with van der Waals surface area (Å²) in [6, 6.07) is 1.11. The van der Waals surface area contributed by atoms with Crippen LogP contribution in [0, 0.1) is 28.1 Å². The Bertz CT molecular complexity index is 546. The molecule has 0 radical (unpaired) electrons. The summed E-state index contributed by atoms with van der Waals surface area (Å²) in [5, 5.41) is 17.1. The van der Waals surface area contributed by atoms with Gasteiger partial charge in [-0.25, -0.2) is 0 Å². The molecule has 14 heteroatoms. The van der Waals surface area contributed by atoms with Crippen LogP contribution in [0.1, 0.15) is 19.3 Å². The molecule has 0 spiro atoms. The van der Waals surface area contributed by atoms with Crippen molar-refractivity contribution >= 4 is 0 Å². The van der Waals surface area contributed by atoms with Gasteiger partial charge < -0.3 is 0 Å². The molecule has 2 nitrogen and oxygen atoms in total. The Morgan fingerprint density at radius 2 is 0.960 bits per heavy atom. The van der Waals surface area contributed by atoms with Gasteiger partial charge in [0.05, 0.1) is 18.6 Å². The second-order valence-corrected chi connectivity index (χ2v) is 4.96. The summed E-state index contributed by atoms with van der Waals surface area (Å²) in [7, 11) is 0. The molecule has 25 heavy (non-hydrogen) atoms. The van der Waals surface area contributed by atoms with Crippen molar-refractivity contribution in [1.82, 2.24) is 0 Å². The van der Waals surface area contributed by atoms with Crippen LogP contribution in [-0.2, 0) is 0 Å². The molecule has 0 rings (SSSR count). The van der Waals surface area contributed by atoms with E-state index in [9.17, 15) is 52.7 Å². The van der Waals surface area contributed by atoms with Crippen LogP contribution in [0.15, 0.2) is 0 Å². The minimum Gasteiger partial charge on any atom is -0.200 e. The van der Waals surface area contributed by atoms with Gasteiger partial charge in [0, 0.05) is 6.42 Å². The molecule has 0 aliphatic heterocycles. The summed E-state index contributed by atoms with van der Waals surface area (Å²) in [6.45, 7) is 0. The molecular weight excluding hydrogens is 388 g/mol. The van der Waals surface area contributed by atoms with Crippen molar-refractivity contribution in [2.24, 2.45) is 5.41 Å². The first-order chi connectivity index (χ1) is 10.8. The standard InChI is InChI=1S/C11H6F12N2/c12-7(13,9(16,17)11(21,22)23)2-1-6(4-24,5-25)3-8(14,15)10(18,19)20/h1-3H2. The molecular formula is C11H6F12N2. The fourth-order valence-corrected chi connectivity index (χ4v) is 1.52. The average molecular weight is 394 g/mol. The second kappa shape index (κ2) is 6.46. The highest BCUT2D eigenvalue weighted by atomic mass is 19.4. The molecule has 0 N–H and O–H groups in total. The predicted molar refractivity (Wildman–Crippen MR) is 54.5 cm³/mol. The number of alkyl halides is 12. The largest absolute Gasteiger partial charge is 0.459 e. The summed E-state index contributed by atoms with van der Waals surface area (Å²) in [4.78, 5) is 0. The zero-order chi connectivity index (χ0) is 20.5. The normalized spacial score (nSPS) is 14.8. The van der Waals surface area contributed by atoms with Crippen molar-refractivity contribution in [2.75, 3.05) is 0 Å². The Balaban J connectivity index is 5.59. The van der Waals surface area contributed by atoms with E-state index >= 15 is 0 Å². The van der Waals surface area contributed by atoms with E-state index in [-0.39, 0.29) is 0 Å². The summed E-state index contributed by atoms with van der Waals surface area (Å²) < 4.78 is 149. The fourth-order valence-electron chi connectivity index (χ4n) is 1.52. The minimum atomic E-state index is -6.76. The zero-order valence-electron chi connectivity index (χ0n) is 11.6. The Hall–Kier alpha value is -1.86. The van der Waals surface area contributed by atoms with Crippen LogP contribution in [0.4, 0.5) is 52.7 Å². The highest BCUT2D eigenvalue weighted by molar-refractivity contribution is 5.16. The van der Waals surface area contributed by atoms with Crippen molar-refractivity contribution in [2.45, 2.75) is 49.4 Å². The second-order valence-electron chi connectivity index (χ2n) is 4.96. The Labute approximate surface area is 131 Å². The first-order valence-electron chi connectivity index (χ1n) is 5.88. The minimum absolute atomic E-state index is 0.556. The molecule has 0 atom stereocenters. The van der Waals surface area contributed by atoms with Crippen molar-refractivity contribution in [3.8, 4) is 12.1 Å². The summed E-state index contributed by atoms with van der Waals surface area (Å²) in [6.07, 6.45) is -20.5. The highest BCUT2D eigenvalue weighted by Crippen LogP contribution is 2.51. The Morgan fingerprint density at radius 1 is 0.560 bits per heavy atom. The molecule has 0 aliphatic carbocycles. The van der Waals surface area contributed by atoms with E-state index in [4.69, 9.17) is 10.5 Å². The van der Waals surface area contributed by atoms with E-state index in [1.165, 1.54) is 0 Å². The molecule has 0 unspecified atom stereocenters. The summed E-state index contributed by atoms with van der Waals surface area (Å²) in [5.74, 6) is -18.3. The lowest BCUT2D eigenvalue weighted by Crippen LogP contribution is -2.52. The van der Waals surface area contributed by atoms with Gasteiger partial charge in [0.25, 0.3) is 0 Å². The zero-order valence-corrected chi connectivity index (χ0v) is 11.6. The Kier molecular flexibility index (Phi) is 5.98. The molecule has 0 saturated carbocycles. The number of nitrogens with zero attached hydrogens (tertiary/aromatic N) is 2.